The number of aliphatic hydroxyl groups excluding tert-OH is 1. The van der Waals surface area contributed by atoms with Crippen molar-refractivity contribution in [3.05, 3.63) is 82.8 Å². The van der Waals surface area contributed by atoms with Crippen LogP contribution in [0.3, 0.4) is 0 Å². The van der Waals surface area contributed by atoms with Crippen LogP contribution in [0.5, 0.6) is 5.75 Å². The summed E-state index contributed by atoms with van der Waals surface area (Å²) in [6.45, 7) is -3.00. The van der Waals surface area contributed by atoms with E-state index < -0.39 is 28.4 Å². The van der Waals surface area contributed by atoms with Crippen LogP contribution in [0.15, 0.2) is 65.7 Å². The molecule has 0 fully saturated rings. The molecular weight excluding hydrogens is 484 g/mol. The Hall–Kier alpha value is -3.01. The number of nitrogens with zero attached hydrogens (tertiary/aromatic N) is 2. The quantitative estimate of drug-likeness (QED) is 0.357. The molecule has 4 aromatic rings. The third-order valence-electron chi connectivity index (χ3n) is 5.99. The highest BCUT2D eigenvalue weighted by Crippen LogP contribution is 2.47. The average Bonchev–Trinajstić information content (AvgIpc) is 3.31. The van der Waals surface area contributed by atoms with E-state index in [4.69, 9.17) is 21.1 Å². The minimum atomic E-state index is -3.00. The second kappa shape index (κ2) is 8.33. The van der Waals surface area contributed by atoms with E-state index in [9.17, 15) is 18.1 Å². The molecule has 0 unspecified atom stereocenters. The average molecular weight is 504 g/mol. The van der Waals surface area contributed by atoms with E-state index in [0.29, 0.717) is 32.5 Å². The standard InChI is InChI=1S/C24H20ClF2N3O3S/c1-34(28,32)16-6-2-13(3-7-16)14-4-9-21-29-22-19(31)11-18(23(22)30(21)12-14)17-10-15(25)5-8-20(17)33-24(26)27/h2-10,12,18-19,24,28,31H,11H2,1H3/t18-,19-,34+/m1/s1. The summed E-state index contributed by atoms with van der Waals surface area (Å²) in [5.74, 6) is -0.456. The molecule has 0 radical (unpaired) electrons. The summed E-state index contributed by atoms with van der Waals surface area (Å²) >= 11 is 6.18. The van der Waals surface area contributed by atoms with Crippen LogP contribution >= 0.6 is 11.6 Å². The second-order valence-electron chi connectivity index (χ2n) is 8.26. The summed E-state index contributed by atoms with van der Waals surface area (Å²) < 4.78 is 52.4. The van der Waals surface area contributed by atoms with Gasteiger partial charge in [0.05, 0.1) is 27.2 Å². The van der Waals surface area contributed by atoms with Crippen LogP contribution in [-0.4, -0.2) is 31.6 Å². The Kier molecular flexibility index (Phi) is 5.58. The topological polar surface area (TPSA) is 87.7 Å². The lowest BCUT2D eigenvalue weighted by Crippen LogP contribution is -2.08. The molecule has 0 saturated heterocycles. The number of halogens is 3. The number of aliphatic hydroxyl groups is 1. The Labute approximate surface area is 199 Å². The number of rotatable bonds is 5. The third kappa shape index (κ3) is 4.04. The van der Waals surface area contributed by atoms with Crippen LogP contribution in [0.25, 0.3) is 16.8 Å². The molecule has 0 spiro atoms. The Morgan fingerprint density at radius 3 is 2.56 bits per heavy atom. The minimum Gasteiger partial charge on any atom is -0.435 e. The van der Waals surface area contributed by atoms with E-state index in [-0.39, 0.29) is 12.2 Å². The maximum Gasteiger partial charge on any atom is 0.387 e. The fourth-order valence-corrected chi connectivity index (χ4v) is 5.30. The van der Waals surface area contributed by atoms with Gasteiger partial charge in [-0.15, -0.1) is 0 Å². The van der Waals surface area contributed by atoms with E-state index in [1.165, 1.54) is 18.4 Å². The summed E-state index contributed by atoms with van der Waals surface area (Å²) in [5.41, 5.74) is 3.91. The monoisotopic (exact) mass is 503 g/mol. The molecule has 2 heterocycles. The molecule has 1 aliphatic carbocycles. The summed E-state index contributed by atoms with van der Waals surface area (Å²) in [6.07, 6.45) is 2.63. The Bertz CT molecular complexity index is 1500. The van der Waals surface area contributed by atoms with Gasteiger partial charge in [-0.3, -0.25) is 0 Å². The predicted octanol–water partition coefficient (Wildman–Crippen LogP) is 5.86. The molecule has 176 valence electrons. The van der Waals surface area contributed by atoms with Gasteiger partial charge in [-0.1, -0.05) is 23.7 Å². The largest absolute Gasteiger partial charge is 0.435 e. The summed E-state index contributed by atoms with van der Waals surface area (Å²) in [4.78, 5) is 5.01. The van der Waals surface area contributed by atoms with Gasteiger partial charge in [-0.2, -0.15) is 8.78 Å². The first-order chi connectivity index (χ1) is 16.1. The molecule has 0 aliphatic heterocycles. The summed E-state index contributed by atoms with van der Waals surface area (Å²) in [7, 11) is -2.81. The predicted molar refractivity (Wildman–Crippen MR) is 125 cm³/mol. The number of nitrogens with one attached hydrogen (secondary N) is 1. The van der Waals surface area contributed by atoms with E-state index in [1.807, 2.05) is 22.7 Å². The van der Waals surface area contributed by atoms with E-state index in [1.54, 1.807) is 30.3 Å². The molecular formula is C24H20ClF2N3O3S. The summed E-state index contributed by atoms with van der Waals surface area (Å²) in [5, 5.41) is 11.1. The number of benzene rings is 2. The zero-order chi connectivity index (χ0) is 24.2. The first-order valence-corrected chi connectivity index (χ1v) is 12.7. The van der Waals surface area contributed by atoms with Crippen molar-refractivity contribution < 1.29 is 22.8 Å². The van der Waals surface area contributed by atoms with Gasteiger partial charge in [0, 0.05) is 33.9 Å². The van der Waals surface area contributed by atoms with Gasteiger partial charge in [0.1, 0.15) is 11.4 Å². The SMILES string of the molecule is C[S@](=N)(=O)c1ccc(-c2ccc3nc4c(n3c2)[C@@H](c2cc(Cl)ccc2OC(F)F)C[C@H]4O)cc1. The van der Waals surface area contributed by atoms with Crippen molar-refractivity contribution in [1.29, 1.82) is 4.78 Å². The van der Waals surface area contributed by atoms with Crippen molar-refractivity contribution in [2.75, 3.05) is 6.26 Å². The van der Waals surface area contributed by atoms with E-state index in [0.717, 1.165) is 11.1 Å². The van der Waals surface area contributed by atoms with Crippen LogP contribution in [0, 0.1) is 4.78 Å². The van der Waals surface area contributed by atoms with Crippen molar-refractivity contribution in [3.63, 3.8) is 0 Å². The highest BCUT2D eigenvalue weighted by atomic mass is 35.5. The zero-order valence-corrected chi connectivity index (χ0v) is 19.5. The van der Waals surface area contributed by atoms with Crippen LogP contribution in [-0.2, 0) is 9.73 Å². The molecule has 1 aliphatic rings. The number of fused-ring (bicyclic) bond motifs is 3. The van der Waals surface area contributed by atoms with Crippen molar-refractivity contribution in [1.82, 2.24) is 9.38 Å². The van der Waals surface area contributed by atoms with Crippen molar-refractivity contribution >= 4 is 27.0 Å². The zero-order valence-electron chi connectivity index (χ0n) is 17.9. The Balaban J connectivity index is 1.63. The summed E-state index contributed by atoms with van der Waals surface area (Å²) in [6, 6.07) is 15.1. The molecule has 5 rings (SSSR count). The highest BCUT2D eigenvalue weighted by molar-refractivity contribution is 7.91. The van der Waals surface area contributed by atoms with Gasteiger partial charge in [0.2, 0.25) is 0 Å². The number of alkyl halides is 2. The molecule has 10 heteroatoms. The number of ether oxygens (including phenoxy) is 1. The maximum atomic E-state index is 13.0. The maximum absolute atomic E-state index is 13.0. The van der Waals surface area contributed by atoms with Crippen LogP contribution in [0.1, 0.15) is 35.4 Å². The Morgan fingerprint density at radius 2 is 1.88 bits per heavy atom. The van der Waals surface area contributed by atoms with E-state index >= 15 is 0 Å². The first-order valence-electron chi connectivity index (χ1n) is 10.4. The van der Waals surface area contributed by atoms with Gasteiger partial charge in [0.25, 0.3) is 0 Å². The van der Waals surface area contributed by atoms with Gasteiger partial charge >= 0.3 is 6.61 Å². The van der Waals surface area contributed by atoms with Gasteiger partial charge in [-0.25, -0.2) is 14.0 Å². The molecule has 34 heavy (non-hydrogen) atoms. The molecule has 0 saturated carbocycles. The van der Waals surface area contributed by atoms with E-state index in [2.05, 4.69) is 4.98 Å². The number of hydrogen-bond acceptors (Lipinski definition) is 5. The molecule has 0 bridgehead atoms. The highest BCUT2D eigenvalue weighted by Gasteiger charge is 2.37. The molecule has 0 amide bonds. The molecule has 2 aromatic heterocycles. The molecule has 6 nitrogen and oxygen atoms in total. The fraction of sp³-hybridized carbons (Fsp3) is 0.208. The van der Waals surface area contributed by atoms with Crippen LogP contribution < -0.4 is 4.74 Å². The van der Waals surface area contributed by atoms with Crippen molar-refractivity contribution in [2.45, 2.75) is 29.9 Å². The van der Waals surface area contributed by atoms with Crippen LogP contribution in [0.4, 0.5) is 8.78 Å². The van der Waals surface area contributed by atoms with Crippen molar-refractivity contribution in [2.24, 2.45) is 0 Å². The van der Waals surface area contributed by atoms with Crippen molar-refractivity contribution in [3.8, 4) is 16.9 Å². The smallest absolute Gasteiger partial charge is 0.387 e. The number of aromatic nitrogens is 2. The van der Waals surface area contributed by atoms with Gasteiger partial charge in [-0.05, 0) is 60.0 Å². The molecule has 2 aromatic carbocycles. The molecule has 3 atom stereocenters. The Morgan fingerprint density at radius 1 is 1.18 bits per heavy atom. The van der Waals surface area contributed by atoms with Gasteiger partial charge < -0.3 is 14.2 Å². The van der Waals surface area contributed by atoms with Gasteiger partial charge in [0.15, 0.2) is 0 Å². The number of imidazole rings is 1. The second-order valence-corrected chi connectivity index (χ2v) is 10.9. The first kappa shape index (κ1) is 22.8. The number of hydrogen-bond donors (Lipinski definition) is 2. The van der Waals surface area contributed by atoms with Crippen LogP contribution in [0.2, 0.25) is 5.02 Å². The lowest BCUT2D eigenvalue weighted by atomic mass is 9.95. The normalized spacial score (nSPS) is 19.4. The minimum absolute atomic E-state index is 0.00435. The fourth-order valence-electron chi connectivity index (χ4n) is 4.47. The number of pyridine rings is 1. The molecule has 2 N–H and O–H groups in total. The lowest BCUT2D eigenvalue weighted by molar-refractivity contribution is -0.0506. The lowest BCUT2D eigenvalue weighted by Gasteiger charge is -2.18. The third-order valence-corrected chi connectivity index (χ3v) is 7.40.